The van der Waals surface area contributed by atoms with Crippen LogP contribution in [-0.4, -0.2) is 28.4 Å². The lowest BCUT2D eigenvalue weighted by Gasteiger charge is -2.08. The van der Waals surface area contributed by atoms with Gasteiger partial charge in [-0.15, -0.1) is 24.8 Å². The molecule has 0 atom stereocenters. The predicted molar refractivity (Wildman–Crippen MR) is 116 cm³/mol. The molecule has 3 rings (SSSR count). The highest BCUT2D eigenvalue weighted by molar-refractivity contribution is 5.94. The molecule has 2 aromatic heterocycles. The second-order valence-electron chi connectivity index (χ2n) is 6.27. The molecule has 0 unspecified atom stereocenters. The maximum atomic E-state index is 12.2. The van der Waals surface area contributed by atoms with Crippen LogP contribution >= 0.6 is 24.8 Å². The normalized spacial score (nSPS) is 10.1. The third-order valence-electron chi connectivity index (χ3n) is 4.05. The largest absolute Gasteiger partial charge is 0.487 e. The molecular weight excluding hydrogens is 399 g/mol. The van der Waals surface area contributed by atoms with Crippen molar-refractivity contribution in [1.29, 1.82) is 0 Å². The van der Waals surface area contributed by atoms with Crippen molar-refractivity contribution in [3.05, 3.63) is 65.6 Å². The quantitative estimate of drug-likeness (QED) is 0.541. The third-order valence-corrected chi connectivity index (χ3v) is 4.05. The summed E-state index contributed by atoms with van der Waals surface area (Å²) < 4.78 is 7.80. The fourth-order valence-electron chi connectivity index (χ4n) is 2.68. The molecule has 0 aliphatic rings. The Morgan fingerprint density at radius 1 is 1.18 bits per heavy atom. The molecule has 0 saturated carbocycles. The number of benzene rings is 1. The molecular formula is C20H26Cl2N4O2. The van der Waals surface area contributed by atoms with E-state index >= 15 is 0 Å². The Balaban J connectivity index is 0.00000196. The van der Waals surface area contributed by atoms with Crippen LogP contribution in [0.1, 0.15) is 34.5 Å². The van der Waals surface area contributed by atoms with Crippen LogP contribution in [0.3, 0.4) is 0 Å². The van der Waals surface area contributed by atoms with Gasteiger partial charge in [-0.1, -0.05) is 12.1 Å². The van der Waals surface area contributed by atoms with Gasteiger partial charge in [-0.25, -0.2) is 4.98 Å². The molecule has 0 spiro atoms. The number of halogens is 2. The summed E-state index contributed by atoms with van der Waals surface area (Å²) in [6.07, 6.45) is 5.77. The number of hydrogen-bond donors (Lipinski definition) is 2. The summed E-state index contributed by atoms with van der Waals surface area (Å²) in [7, 11) is 0. The zero-order valence-corrected chi connectivity index (χ0v) is 17.4. The Kier molecular flexibility index (Phi) is 9.79. The molecule has 0 radical (unpaired) electrons. The summed E-state index contributed by atoms with van der Waals surface area (Å²) in [5.41, 5.74) is 8.94. The second kappa shape index (κ2) is 11.5. The zero-order valence-electron chi connectivity index (χ0n) is 15.8. The number of aryl methyl sites for hydroxylation is 1. The summed E-state index contributed by atoms with van der Waals surface area (Å²) in [6.45, 7) is 3.66. The standard InChI is InChI=1S/C20H24N4O2.2ClH/c1-15-7-8-19-23-17(13-24(19)12-15)14-26-18-6-4-5-16(11-18)20(25)22-10-3-2-9-21;;/h4-8,11-13H,2-3,9-10,14,21H2,1H3,(H,22,25);2*1H. The van der Waals surface area contributed by atoms with Crippen molar-refractivity contribution in [1.82, 2.24) is 14.7 Å². The van der Waals surface area contributed by atoms with Gasteiger partial charge in [-0.2, -0.15) is 0 Å². The maximum absolute atomic E-state index is 12.2. The number of fused-ring (bicyclic) bond motifs is 1. The van der Waals surface area contributed by atoms with Crippen molar-refractivity contribution in [2.24, 2.45) is 5.73 Å². The molecule has 28 heavy (non-hydrogen) atoms. The fourth-order valence-corrected chi connectivity index (χ4v) is 2.68. The van der Waals surface area contributed by atoms with Gasteiger partial charge in [0.05, 0.1) is 5.69 Å². The minimum absolute atomic E-state index is 0. The first-order valence-electron chi connectivity index (χ1n) is 8.81. The van der Waals surface area contributed by atoms with E-state index in [2.05, 4.69) is 10.3 Å². The highest BCUT2D eigenvalue weighted by Gasteiger charge is 2.07. The van der Waals surface area contributed by atoms with E-state index in [1.54, 1.807) is 12.1 Å². The van der Waals surface area contributed by atoms with Gasteiger partial charge in [-0.05, 0) is 56.1 Å². The van der Waals surface area contributed by atoms with E-state index < -0.39 is 0 Å². The van der Waals surface area contributed by atoms with Gasteiger partial charge < -0.3 is 20.2 Å². The number of rotatable bonds is 8. The Hall–Kier alpha value is -2.28. The first-order valence-corrected chi connectivity index (χ1v) is 8.81. The number of ether oxygens (including phenoxy) is 1. The third kappa shape index (κ3) is 6.41. The van der Waals surface area contributed by atoms with E-state index in [0.29, 0.717) is 31.0 Å². The minimum atomic E-state index is -0.101. The number of unbranched alkanes of at least 4 members (excludes halogenated alkanes) is 1. The monoisotopic (exact) mass is 424 g/mol. The number of carbonyl (C=O) groups excluding carboxylic acids is 1. The molecule has 0 bridgehead atoms. The first-order chi connectivity index (χ1) is 12.7. The van der Waals surface area contributed by atoms with Gasteiger partial charge in [0.1, 0.15) is 18.0 Å². The van der Waals surface area contributed by atoms with E-state index in [0.717, 1.165) is 24.2 Å². The van der Waals surface area contributed by atoms with Crippen LogP contribution in [0.5, 0.6) is 5.75 Å². The van der Waals surface area contributed by atoms with Gasteiger partial charge in [0.2, 0.25) is 0 Å². The number of nitrogens with zero attached hydrogens (tertiary/aromatic N) is 2. The number of pyridine rings is 1. The van der Waals surface area contributed by atoms with Gasteiger partial charge in [0, 0.05) is 24.5 Å². The number of nitrogens with two attached hydrogens (primary N) is 1. The minimum Gasteiger partial charge on any atom is -0.487 e. The number of amides is 1. The highest BCUT2D eigenvalue weighted by atomic mass is 35.5. The second-order valence-corrected chi connectivity index (χ2v) is 6.27. The van der Waals surface area contributed by atoms with Crippen molar-refractivity contribution in [2.75, 3.05) is 13.1 Å². The molecule has 8 heteroatoms. The summed E-state index contributed by atoms with van der Waals surface area (Å²) in [5.74, 6) is 0.545. The van der Waals surface area contributed by atoms with Crippen LogP contribution in [0.15, 0.2) is 48.8 Å². The van der Waals surface area contributed by atoms with Gasteiger partial charge >= 0.3 is 0 Å². The van der Waals surface area contributed by atoms with Crippen molar-refractivity contribution in [3.8, 4) is 5.75 Å². The summed E-state index contributed by atoms with van der Waals surface area (Å²) >= 11 is 0. The van der Waals surface area contributed by atoms with E-state index in [1.165, 1.54) is 5.56 Å². The van der Waals surface area contributed by atoms with Crippen molar-refractivity contribution in [2.45, 2.75) is 26.4 Å². The lowest BCUT2D eigenvalue weighted by Crippen LogP contribution is -2.24. The van der Waals surface area contributed by atoms with Crippen molar-refractivity contribution in [3.63, 3.8) is 0 Å². The summed E-state index contributed by atoms with van der Waals surface area (Å²) in [4.78, 5) is 16.7. The maximum Gasteiger partial charge on any atom is 0.251 e. The van der Waals surface area contributed by atoms with Crippen molar-refractivity contribution < 1.29 is 9.53 Å². The molecule has 0 aliphatic carbocycles. The Morgan fingerprint density at radius 3 is 2.79 bits per heavy atom. The van der Waals surface area contributed by atoms with E-state index in [9.17, 15) is 4.79 Å². The fraction of sp³-hybridized carbons (Fsp3) is 0.300. The molecule has 1 amide bonds. The van der Waals surface area contributed by atoms with Crippen molar-refractivity contribution >= 4 is 36.4 Å². The average Bonchev–Trinajstić information content (AvgIpc) is 3.05. The molecule has 0 saturated heterocycles. The van der Waals surface area contributed by atoms with Gasteiger partial charge in [0.25, 0.3) is 5.91 Å². The lowest BCUT2D eigenvalue weighted by atomic mass is 10.2. The lowest BCUT2D eigenvalue weighted by molar-refractivity contribution is 0.0952. The summed E-state index contributed by atoms with van der Waals surface area (Å²) in [5, 5.41) is 2.89. The zero-order chi connectivity index (χ0) is 18.4. The molecule has 0 aliphatic heterocycles. The number of aromatic nitrogens is 2. The number of hydrogen-bond acceptors (Lipinski definition) is 4. The van der Waals surface area contributed by atoms with E-state index in [-0.39, 0.29) is 30.7 Å². The smallest absolute Gasteiger partial charge is 0.251 e. The Labute approximate surface area is 177 Å². The topological polar surface area (TPSA) is 81.6 Å². The molecule has 0 fully saturated rings. The molecule has 1 aromatic carbocycles. The SMILES string of the molecule is Cc1ccc2nc(COc3cccc(C(=O)NCCCCN)c3)cn2c1.Cl.Cl. The van der Waals surface area contributed by atoms with Crippen LogP contribution in [-0.2, 0) is 6.61 Å². The van der Waals surface area contributed by atoms with Gasteiger partial charge in [0.15, 0.2) is 0 Å². The van der Waals surface area contributed by atoms with E-state index in [4.69, 9.17) is 10.5 Å². The average molecular weight is 425 g/mol. The molecule has 6 nitrogen and oxygen atoms in total. The Bertz CT molecular complexity index is 899. The van der Waals surface area contributed by atoms with Gasteiger partial charge in [-0.3, -0.25) is 4.79 Å². The predicted octanol–water partition coefficient (Wildman–Crippen LogP) is 3.53. The molecule has 152 valence electrons. The number of nitrogens with one attached hydrogen (secondary N) is 1. The van der Waals surface area contributed by atoms with Crippen LogP contribution in [0, 0.1) is 6.92 Å². The van der Waals surface area contributed by atoms with E-state index in [1.807, 2.05) is 48.0 Å². The van der Waals surface area contributed by atoms with Crippen LogP contribution in [0.25, 0.3) is 5.65 Å². The first kappa shape index (κ1) is 23.8. The molecule has 3 aromatic rings. The van der Waals surface area contributed by atoms with Crippen LogP contribution in [0.2, 0.25) is 0 Å². The highest BCUT2D eigenvalue weighted by Crippen LogP contribution is 2.16. The van der Waals surface area contributed by atoms with Crippen LogP contribution in [0.4, 0.5) is 0 Å². The number of imidazole rings is 1. The van der Waals surface area contributed by atoms with Crippen LogP contribution < -0.4 is 15.8 Å². The number of carbonyl (C=O) groups is 1. The Morgan fingerprint density at radius 2 is 2.00 bits per heavy atom. The molecule has 3 N–H and O–H groups in total. The summed E-state index contributed by atoms with van der Waals surface area (Å²) in [6, 6.07) is 11.2. The molecule has 2 heterocycles.